The molecule has 2 N–H and O–H groups in total. The maximum atomic E-state index is 12.2. The van der Waals surface area contributed by atoms with Gasteiger partial charge in [0.05, 0.1) is 0 Å². The van der Waals surface area contributed by atoms with Gasteiger partial charge in [-0.25, -0.2) is 0 Å². The molecule has 0 atom stereocenters. The van der Waals surface area contributed by atoms with Crippen LogP contribution in [0.2, 0.25) is 0 Å². The number of carbonyl (C=O) groups is 1. The van der Waals surface area contributed by atoms with Crippen molar-refractivity contribution in [3.05, 3.63) is 0 Å². The minimum atomic E-state index is 0.0455. The molecule has 0 bridgehead atoms. The number of nitrogens with zero attached hydrogens (tertiary/aromatic N) is 2. The second-order valence-corrected chi connectivity index (χ2v) is 6.84. The normalized spacial score (nSPS) is 23.8. The highest BCUT2D eigenvalue weighted by atomic mass is 16.1. The maximum Gasteiger partial charge on any atom is 0.223 e. The van der Waals surface area contributed by atoms with Gasteiger partial charge in [-0.15, -0.1) is 0 Å². The molecule has 2 aliphatic heterocycles. The zero-order valence-corrected chi connectivity index (χ0v) is 13.2. The molecule has 2 aliphatic rings. The first-order valence-electron chi connectivity index (χ1n) is 7.91. The van der Waals surface area contributed by atoms with Crippen molar-refractivity contribution in [2.24, 2.45) is 5.92 Å². The summed E-state index contributed by atoms with van der Waals surface area (Å²) < 4.78 is 0. The molecule has 0 radical (unpaired) electrons. The summed E-state index contributed by atoms with van der Waals surface area (Å²) in [5.74, 6) is 0.452. The predicted octanol–water partition coefficient (Wildman–Crippen LogP) is 0.128. The molecule has 2 saturated heterocycles. The van der Waals surface area contributed by atoms with Crippen LogP contribution in [0, 0.1) is 5.92 Å². The standard InChI is InChI=1S/C15H30N4O/c1-15(2,19-10-8-18(3)9-11-19)12-17-14(20)13-4-6-16-7-5-13/h13,16H,4-12H2,1-3H3,(H,17,20). The van der Waals surface area contributed by atoms with Crippen LogP contribution in [-0.4, -0.2) is 74.1 Å². The third-order valence-corrected chi connectivity index (χ3v) is 4.76. The second kappa shape index (κ2) is 6.87. The van der Waals surface area contributed by atoms with Gasteiger partial charge in [-0.2, -0.15) is 0 Å². The van der Waals surface area contributed by atoms with Crippen LogP contribution in [0.1, 0.15) is 26.7 Å². The van der Waals surface area contributed by atoms with Gasteiger partial charge in [-0.1, -0.05) is 0 Å². The number of hydrogen-bond acceptors (Lipinski definition) is 4. The van der Waals surface area contributed by atoms with Crippen molar-refractivity contribution in [3.8, 4) is 0 Å². The molecule has 0 unspecified atom stereocenters. The highest BCUT2D eigenvalue weighted by Gasteiger charge is 2.30. The third-order valence-electron chi connectivity index (χ3n) is 4.76. The van der Waals surface area contributed by atoms with Crippen LogP contribution in [0.5, 0.6) is 0 Å². The van der Waals surface area contributed by atoms with Crippen molar-refractivity contribution in [3.63, 3.8) is 0 Å². The first kappa shape index (κ1) is 15.7. The summed E-state index contributed by atoms with van der Waals surface area (Å²) in [7, 11) is 2.17. The Balaban J connectivity index is 1.77. The molecule has 0 spiro atoms. The van der Waals surface area contributed by atoms with Gasteiger partial charge in [0.1, 0.15) is 0 Å². The van der Waals surface area contributed by atoms with Crippen molar-refractivity contribution < 1.29 is 4.79 Å². The van der Waals surface area contributed by atoms with E-state index in [0.29, 0.717) is 0 Å². The Hall–Kier alpha value is -0.650. The highest BCUT2D eigenvalue weighted by Crippen LogP contribution is 2.17. The van der Waals surface area contributed by atoms with Crippen molar-refractivity contribution in [1.82, 2.24) is 20.4 Å². The topological polar surface area (TPSA) is 47.6 Å². The van der Waals surface area contributed by atoms with E-state index in [-0.39, 0.29) is 17.4 Å². The lowest BCUT2D eigenvalue weighted by atomic mass is 9.96. The van der Waals surface area contributed by atoms with Crippen molar-refractivity contribution in [2.75, 3.05) is 52.9 Å². The van der Waals surface area contributed by atoms with Gasteiger partial charge in [0.25, 0.3) is 0 Å². The van der Waals surface area contributed by atoms with Crippen molar-refractivity contribution in [2.45, 2.75) is 32.2 Å². The van der Waals surface area contributed by atoms with Crippen LogP contribution in [0.4, 0.5) is 0 Å². The lowest BCUT2D eigenvalue weighted by molar-refractivity contribution is -0.126. The zero-order chi connectivity index (χ0) is 14.6. The molecular formula is C15H30N4O. The lowest BCUT2D eigenvalue weighted by Crippen LogP contribution is -2.58. The van der Waals surface area contributed by atoms with Crippen LogP contribution in [0.15, 0.2) is 0 Å². The van der Waals surface area contributed by atoms with E-state index in [9.17, 15) is 4.79 Å². The predicted molar refractivity (Wildman–Crippen MR) is 81.8 cm³/mol. The van der Waals surface area contributed by atoms with E-state index in [1.54, 1.807) is 0 Å². The summed E-state index contributed by atoms with van der Waals surface area (Å²) in [5.41, 5.74) is 0.0455. The number of amides is 1. The molecule has 2 heterocycles. The highest BCUT2D eigenvalue weighted by molar-refractivity contribution is 5.78. The van der Waals surface area contributed by atoms with E-state index in [1.807, 2.05) is 0 Å². The minimum Gasteiger partial charge on any atom is -0.354 e. The van der Waals surface area contributed by atoms with E-state index in [0.717, 1.165) is 58.7 Å². The summed E-state index contributed by atoms with van der Waals surface area (Å²) in [4.78, 5) is 17.1. The van der Waals surface area contributed by atoms with Gasteiger partial charge in [0, 0.05) is 44.2 Å². The van der Waals surface area contributed by atoms with Gasteiger partial charge in [-0.05, 0) is 46.8 Å². The van der Waals surface area contributed by atoms with Gasteiger partial charge in [-0.3, -0.25) is 9.69 Å². The molecule has 5 nitrogen and oxygen atoms in total. The van der Waals surface area contributed by atoms with Crippen LogP contribution >= 0.6 is 0 Å². The van der Waals surface area contributed by atoms with Gasteiger partial charge in [0.15, 0.2) is 0 Å². The number of rotatable bonds is 4. The molecule has 0 aromatic carbocycles. The summed E-state index contributed by atoms with van der Waals surface area (Å²) >= 11 is 0. The Bertz CT molecular complexity index is 318. The summed E-state index contributed by atoms with van der Waals surface area (Å²) in [6.45, 7) is 11.6. The van der Waals surface area contributed by atoms with E-state index in [1.165, 1.54) is 0 Å². The van der Waals surface area contributed by atoms with E-state index in [4.69, 9.17) is 0 Å². The van der Waals surface area contributed by atoms with Crippen LogP contribution in [-0.2, 0) is 4.79 Å². The van der Waals surface area contributed by atoms with Gasteiger partial charge >= 0.3 is 0 Å². The molecule has 116 valence electrons. The Kier molecular flexibility index (Phi) is 5.41. The van der Waals surface area contributed by atoms with Gasteiger partial charge < -0.3 is 15.5 Å². The summed E-state index contributed by atoms with van der Waals surface area (Å²) in [6.07, 6.45) is 1.95. The Labute approximate surface area is 123 Å². The number of nitrogens with one attached hydrogen (secondary N) is 2. The maximum absolute atomic E-state index is 12.2. The zero-order valence-electron chi connectivity index (χ0n) is 13.2. The molecular weight excluding hydrogens is 252 g/mol. The number of likely N-dealkylation sites (N-methyl/N-ethyl adjacent to an activating group) is 1. The SMILES string of the molecule is CN1CCN(C(C)(C)CNC(=O)C2CCNCC2)CC1. The fraction of sp³-hybridized carbons (Fsp3) is 0.933. The Morgan fingerprint density at radius 2 is 1.80 bits per heavy atom. The second-order valence-electron chi connectivity index (χ2n) is 6.84. The first-order chi connectivity index (χ1) is 9.49. The molecule has 2 rings (SSSR count). The minimum absolute atomic E-state index is 0.0455. The van der Waals surface area contributed by atoms with Crippen LogP contribution < -0.4 is 10.6 Å². The number of piperazine rings is 1. The Morgan fingerprint density at radius 3 is 2.40 bits per heavy atom. The fourth-order valence-electron chi connectivity index (χ4n) is 3.06. The molecule has 0 aromatic heterocycles. The Morgan fingerprint density at radius 1 is 1.20 bits per heavy atom. The molecule has 1 amide bonds. The lowest BCUT2D eigenvalue weighted by Gasteiger charge is -2.43. The average Bonchev–Trinajstić information content (AvgIpc) is 2.46. The number of piperidine rings is 1. The largest absolute Gasteiger partial charge is 0.354 e. The molecule has 0 aromatic rings. The van der Waals surface area contributed by atoms with E-state index >= 15 is 0 Å². The summed E-state index contributed by atoms with van der Waals surface area (Å²) in [6, 6.07) is 0. The monoisotopic (exact) mass is 282 g/mol. The molecule has 5 heteroatoms. The van der Waals surface area contributed by atoms with Crippen molar-refractivity contribution in [1.29, 1.82) is 0 Å². The quantitative estimate of drug-likeness (QED) is 0.769. The van der Waals surface area contributed by atoms with Crippen molar-refractivity contribution >= 4 is 5.91 Å². The number of hydrogen-bond donors (Lipinski definition) is 2. The first-order valence-corrected chi connectivity index (χ1v) is 7.91. The molecule has 2 fully saturated rings. The molecule has 0 aliphatic carbocycles. The fourth-order valence-corrected chi connectivity index (χ4v) is 3.06. The third kappa shape index (κ3) is 4.17. The van der Waals surface area contributed by atoms with E-state index in [2.05, 4.69) is 41.3 Å². The van der Waals surface area contributed by atoms with E-state index < -0.39 is 0 Å². The summed E-state index contributed by atoms with van der Waals surface area (Å²) in [5, 5.41) is 6.48. The van der Waals surface area contributed by atoms with Gasteiger partial charge in [0.2, 0.25) is 5.91 Å². The molecule has 0 saturated carbocycles. The smallest absolute Gasteiger partial charge is 0.223 e. The molecule has 20 heavy (non-hydrogen) atoms. The number of carbonyl (C=O) groups excluding carboxylic acids is 1. The average molecular weight is 282 g/mol. The van der Waals surface area contributed by atoms with Crippen LogP contribution in [0.3, 0.4) is 0 Å². The van der Waals surface area contributed by atoms with Crippen LogP contribution in [0.25, 0.3) is 0 Å².